The lowest BCUT2D eigenvalue weighted by atomic mass is 9.98. The minimum atomic E-state index is 0.157. The quantitative estimate of drug-likeness (QED) is 0.763. The molecule has 0 spiro atoms. The Labute approximate surface area is 104 Å². The molecule has 2 heterocycles. The zero-order valence-corrected chi connectivity index (χ0v) is 11.0. The molecule has 0 aromatic carbocycles. The second-order valence-electron chi connectivity index (χ2n) is 5.56. The summed E-state index contributed by atoms with van der Waals surface area (Å²) < 4.78 is 0. The van der Waals surface area contributed by atoms with Crippen molar-refractivity contribution in [1.29, 1.82) is 0 Å². The molecule has 2 saturated heterocycles. The summed E-state index contributed by atoms with van der Waals surface area (Å²) in [6.45, 7) is 6.30. The molecule has 17 heavy (non-hydrogen) atoms. The van der Waals surface area contributed by atoms with Gasteiger partial charge in [-0.3, -0.25) is 10.2 Å². The van der Waals surface area contributed by atoms with Gasteiger partial charge in [-0.2, -0.15) is 0 Å². The first-order chi connectivity index (χ1) is 8.18. The van der Waals surface area contributed by atoms with Gasteiger partial charge >= 0.3 is 0 Å². The van der Waals surface area contributed by atoms with Crippen LogP contribution in [0.15, 0.2) is 0 Å². The fourth-order valence-corrected chi connectivity index (χ4v) is 2.94. The van der Waals surface area contributed by atoms with Crippen molar-refractivity contribution in [2.75, 3.05) is 13.1 Å². The molecule has 0 aromatic rings. The van der Waals surface area contributed by atoms with Gasteiger partial charge in [-0.1, -0.05) is 6.42 Å². The van der Waals surface area contributed by atoms with Crippen molar-refractivity contribution in [3.63, 3.8) is 0 Å². The SMILES string of the molecule is CC1CCCC(C)N1NC(=O)[C@@H]1CCCNC1. The number of nitrogens with zero attached hydrogens (tertiary/aromatic N) is 1. The molecule has 2 rings (SSSR count). The van der Waals surface area contributed by atoms with Crippen molar-refractivity contribution in [2.24, 2.45) is 5.92 Å². The predicted molar refractivity (Wildman–Crippen MR) is 68.4 cm³/mol. The van der Waals surface area contributed by atoms with Crippen LogP contribution in [0.1, 0.15) is 46.0 Å². The van der Waals surface area contributed by atoms with Crippen molar-refractivity contribution in [3.8, 4) is 0 Å². The highest BCUT2D eigenvalue weighted by Gasteiger charge is 2.29. The minimum Gasteiger partial charge on any atom is -0.316 e. The minimum absolute atomic E-state index is 0.157. The fourth-order valence-electron chi connectivity index (χ4n) is 2.94. The van der Waals surface area contributed by atoms with Gasteiger partial charge in [0.25, 0.3) is 0 Å². The molecule has 0 radical (unpaired) electrons. The van der Waals surface area contributed by atoms with Gasteiger partial charge in [-0.05, 0) is 46.1 Å². The van der Waals surface area contributed by atoms with E-state index in [1.165, 1.54) is 19.3 Å². The molecule has 0 aromatic heterocycles. The average Bonchev–Trinajstić information content (AvgIpc) is 2.35. The number of rotatable bonds is 2. The van der Waals surface area contributed by atoms with Gasteiger partial charge in [0.1, 0.15) is 0 Å². The van der Waals surface area contributed by atoms with Crippen LogP contribution in [0.4, 0.5) is 0 Å². The maximum absolute atomic E-state index is 12.2. The zero-order chi connectivity index (χ0) is 12.3. The van der Waals surface area contributed by atoms with Gasteiger partial charge in [0, 0.05) is 18.6 Å². The Morgan fingerprint density at radius 2 is 1.88 bits per heavy atom. The number of hydrogen-bond donors (Lipinski definition) is 2. The van der Waals surface area contributed by atoms with Gasteiger partial charge in [0.05, 0.1) is 5.92 Å². The van der Waals surface area contributed by atoms with E-state index in [0.29, 0.717) is 12.1 Å². The summed E-state index contributed by atoms with van der Waals surface area (Å²) in [7, 11) is 0. The average molecular weight is 239 g/mol. The Balaban J connectivity index is 1.87. The third-order valence-corrected chi connectivity index (χ3v) is 4.10. The van der Waals surface area contributed by atoms with Gasteiger partial charge in [-0.25, -0.2) is 5.01 Å². The maximum atomic E-state index is 12.2. The second-order valence-corrected chi connectivity index (χ2v) is 5.56. The van der Waals surface area contributed by atoms with Gasteiger partial charge in [0.2, 0.25) is 5.91 Å². The molecule has 2 aliphatic heterocycles. The Bertz CT molecular complexity index is 253. The summed E-state index contributed by atoms with van der Waals surface area (Å²) in [4.78, 5) is 12.2. The Hall–Kier alpha value is -0.610. The highest BCUT2D eigenvalue weighted by atomic mass is 16.2. The Kier molecular flexibility index (Phi) is 4.40. The number of carbonyl (C=O) groups excluding carboxylic acids is 1. The number of carbonyl (C=O) groups is 1. The topological polar surface area (TPSA) is 44.4 Å². The van der Waals surface area contributed by atoms with Crippen LogP contribution < -0.4 is 10.7 Å². The summed E-state index contributed by atoms with van der Waals surface area (Å²) in [6, 6.07) is 0.943. The molecule has 98 valence electrons. The first-order valence-corrected chi connectivity index (χ1v) is 6.98. The van der Waals surface area contributed by atoms with Crippen LogP contribution >= 0.6 is 0 Å². The molecule has 1 amide bonds. The van der Waals surface area contributed by atoms with E-state index in [9.17, 15) is 4.79 Å². The number of amides is 1. The lowest BCUT2D eigenvalue weighted by Crippen LogP contribution is -2.56. The summed E-state index contributed by atoms with van der Waals surface area (Å²) in [5, 5.41) is 5.46. The van der Waals surface area contributed by atoms with Crippen molar-refractivity contribution >= 4 is 5.91 Å². The standard InChI is InChI=1S/C13H25N3O/c1-10-5-3-6-11(2)16(10)15-13(17)12-7-4-8-14-9-12/h10-12,14H,3-9H2,1-2H3,(H,15,17)/t10?,11?,12-/m1/s1. The van der Waals surface area contributed by atoms with E-state index in [-0.39, 0.29) is 11.8 Å². The monoisotopic (exact) mass is 239 g/mol. The Morgan fingerprint density at radius 3 is 2.47 bits per heavy atom. The lowest BCUT2D eigenvalue weighted by Gasteiger charge is -2.39. The van der Waals surface area contributed by atoms with E-state index in [1.54, 1.807) is 0 Å². The molecule has 0 aliphatic carbocycles. The lowest BCUT2D eigenvalue weighted by molar-refractivity contribution is -0.133. The van der Waals surface area contributed by atoms with Gasteiger partial charge < -0.3 is 5.32 Å². The third kappa shape index (κ3) is 3.19. The first kappa shape index (κ1) is 12.8. The van der Waals surface area contributed by atoms with Crippen LogP contribution in [0, 0.1) is 5.92 Å². The summed E-state index contributed by atoms with van der Waals surface area (Å²) in [5.41, 5.74) is 3.14. The van der Waals surface area contributed by atoms with Crippen molar-refractivity contribution in [1.82, 2.24) is 15.8 Å². The number of piperidine rings is 2. The molecule has 3 atom stereocenters. The fraction of sp³-hybridized carbons (Fsp3) is 0.923. The molecule has 0 bridgehead atoms. The van der Waals surface area contributed by atoms with E-state index in [0.717, 1.165) is 25.9 Å². The van der Waals surface area contributed by atoms with Crippen LogP contribution in [0.5, 0.6) is 0 Å². The van der Waals surface area contributed by atoms with Crippen molar-refractivity contribution in [3.05, 3.63) is 0 Å². The first-order valence-electron chi connectivity index (χ1n) is 6.98. The molecular formula is C13H25N3O. The molecular weight excluding hydrogens is 214 g/mol. The maximum Gasteiger partial charge on any atom is 0.238 e. The molecule has 2 aliphatic rings. The van der Waals surface area contributed by atoms with E-state index in [2.05, 4.69) is 29.6 Å². The molecule has 0 saturated carbocycles. The van der Waals surface area contributed by atoms with Crippen LogP contribution in [0.25, 0.3) is 0 Å². The smallest absolute Gasteiger partial charge is 0.238 e. The molecule has 4 heteroatoms. The normalized spacial score (nSPS) is 35.5. The van der Waals surface area contributed by atoms with E-state index < -0.39 is 0 Å². The van der Waals surface area contributed by atoms with Gasteiger partial charge in [0.15, 0.2) is 0 Å². The second kappa shape index (κ2) is 5.83. The zero-order valence-electron chi connectivity index (χ0n) is 11.0. The van der Waals surface area contributed by atoms with Crippen LogP contribution in [-0.2, 0) is 4.79 Å². The van der Waals surface area contributed by atoms with Crippen molar-refractivity contribution < 1.29 is 4.79 Å². The molecule has 4 nitrogen and oxygen atoms in total. The van der Waals surface area contributed by atoms with Gasteiger partial charge in [-0.15, -0.1) is 0 Å². The number of hydrogen-bond acceptors (Lipinski definition) is 3. The summed E-state index contributed by atoms with van der Waals surface area (Å²) >= 11 is 0. The third-order valence-electron chi connectivity index (χ3n) is 4.10. The molecule has 2 fully saturated rings. The van der Waals surface area contributed by atoms with E-state index >= 15 is 0 Å². The summed E-state index contributed by atoms with van der Waals surface area (Å²) in [5.74, 6) is 0.364. The molecule has 2 N–H and O–H groups in total. The highest BCUT2D eigenvalue weighted by Crippen LogP contribution is 2.21. The highest BCUT2D eigenvalue weighted by molar-refractivity contribution is 5.78. The van der Waals surface area contributed by atoms with E-state index in [4.69, 9.17) is 0 Å². The number of nitrogens with one attached hydrogen (secondary N) is 2. The van der Waals surface area contributed by atoms with Crippen LogP contribution in [0.3, 0.4) is 0 Å². The molecule has 2 unspecified atom stereocenters. The Morgan fingerprint density at radius 1 is 1.18 bits per heavy atom. The van der Waals surface area contributed by atoms with E-state index in [1.807, 2.05) is 0 Å². The van der Waals surface area contributed by atoms with Crippen molar-refractivity contribution in [2.45, 2.75) is 58.0 Å². The number of hydrazine groups is 1. The van der Waals surface area contributed by atoms with Crippen LogP contribution in [-0.4, -0.2) is 36.1 Å². The van der Waals surface area contributed by atoms with Crippen LogP contribution in [0.2, 0.25) is 0 Å². The largest absolute Gasteiger partial charge is 0.316 e. The predicted octanol–water partition coefficient (Wildman–Crippen LogP) is 1.28. The summed E-state index contributed by atoms with van der Waals surface area (Å²) in [6.07, 6.45) is 5.79.